The van der Waals surface area contributed by atoms with Crippen molar-refractivity contribution in [1.29, 1.82) is 0 Å². The van der Waals surface area contributed by atoms with Gasteiger partial charge in [-0.15, -0.1) is 0 Å². The first kappa shape index (κ1) is 28.8. The van der Waals surface area contributed by atoms with Crippen molar-refractivity contribution in [3.8, 4) is 5.75 Å². The SMILES string of the molecule is CC[C@@H](C)NC(=O)[C@H](Cc1ccccc1)N(Cc1cccc(OC)c1)C(=O)CN1C(=O)c2ccccc2S1(=O)=O. The fraction of sp³-hybridized carbons (Fsp3) is 0.300. The number of hydrogen-bond donors (Lipinski definition) is 1. The van der Waals surface area contributed by atoms with Crippen molar-refractivity contribution in [1.82, 2.24) is 14.5 Å². The highest BCUT2D eigenvalue weighted by Gasteiger charge is 2.43. The molecule has 1 N–H and O–H groups in total. The predicted molar refractivity (Wildman–Crippen MR) is 150 cm³/mol. The minimum atomic E-state index is -4.22. The summed E-state index contributed by atoms with van der Waals surface area (Å²) in [6, 6.07) is 21.1. The van der Waals surface area contributed by atoms with E-state index in [1.54, 1.807) is 30.3 Å². The van der Waals surface area contributed by atoms with Crippen molar-refractivity contribution in [2.45, 2.75) is 50.2 Å². The molecule has 0 saturated heterocycles. The molecule has 3 aromatic rings. The van der Waals surface area contributed by atoms with Gasteiger partial charge in [-0.1, -0.05) is 61.5 Å². The minimum absolute atomic E-state index is 0.00349. The second-order valence-electron chi connectivity index (χ2n) is 9.71. The van der Waals surface area contributed by atoms with Gasteiger partial charge < -0.3 is 15.0 Å². The zero-order valence-corrected chi connectivity index (χ0v) is 23.6. The number of carbonyl (C=O) groups excluding carboxylic acids is 3. The van der Waals surface area contributed by atoms with E-state index in [9.17, 15) is 22.8 Å². The third-order valence-electron chi connectivity index (χ3n) is 6.95. The Morgan fingerprint density at radius 2 is 1.65 bits per heavy atom. The van der Waals surface area contributed by atoms with Crippen LogP contribution in [0.4, 0.5) is 0 Å². The monoisotopic (exact) mass is 563 g/mol. The van der Waals surface area contributed by atoms with Crippen LogP contribution >= 0.6 is 0 Å². The Morgan fingerprint density at radius 1 is 0.975 bits per heavy atom. The van der Waals surface area contributed by atoms with Gasteiger partial charge in [-0.3, -0.25) is 14.4 Å². The van der Waals surface area contributed by atoms with Crippen molar-refractivity contribution in [3.05, 3.63) is 95.6 Å². The first-order valence-corrected chi connectivity index (χ1v) is 14.5. The number of amides is 3. The van der Waals surface area contributed by atoms with Crippen molar-refractivity contribution >= 4 is 27.7 Å². The zero-order chi connectivity index (χ0) is 28.9. The number of nitrogens with zero attached hydrogens (tertiary/aromatic N) is 2. The molecule has 10 heteroatoms. The van der Waals surface area contributed by atoms with E-state index >= 15 is 0 Å². The zero-order valence-electron chi connectivity index (χ0n) is 22.7. The summed E-state index contributed by atoms with van der Waals surface area (Å²) < 4.78 is 32.3. The van der Waals surface area contributed by atoms with Crippen molar-refractivity contribution in [3.63, 3.8) is 0 Å². The molecule has 2 atom stereocenters. The Bertz CT molecular complexity index is 1490. The Hall–Kier alpha value is -4.18. The molecule has 0 unspecified atom stereocenters. The molecule has 40 heavy (non-hydrogen) atoms. The lowest BCUT2D eigenvalue weighted by atomic mass is 10.0. The van der Waals surface area contributed by atoms with Crippen LogP contribution in [0, 0.1) is 0 Å². The summed E-state index contributed by atoms with van der Waals surface area (Å²) in [5.74, 6) is -1.24. The van der Waals surface area contributed by atoms with E-state index in [0.29, 0.717) is 22.0 Å². The van der Waals surface area contributed by atoms with Crippen LogP contribution in [0.15, 0.2) is 83.8 Å². The van der Waals surface area contributed by atoms with Crippen LogP contribution in [0.1, 0.15) is 41.8 Å². The topological polar surface area (TPSA) is 113 Å². The second kappa shape index (κ2) is 12.3. The Kier molecular flexibility index (Phi) is 8.89. The maximum Gasteiger partial charge on any atom is 0.269 e. The van der Waals surface area contributed by atoms with Crippen LogP contribution in [0.3, 0.4) is 0 Å². The van der Waals surface area contributed by atoms with Crippen LogP contribution in [-0.2, 0) is 32.6 Å². The lowest BCUT2D eigenvalue weighted by molar-refractivity contribution is -0.141. The molecule has 1 aliphatic rings. The molecule has 3 aromatic carbocycles. The lowest BCUT2D eigenvalue weighted by Gasteiger charge is -2.33. The first-order valence-electron chi connectivity index (χ1n) is 13.1. The molecule has 0 spiro atoms. The number of nitrogens with one attached hydrogen (secondary N) is 1. The van der Waals surface area contributed by atoms with E-state index in [2.05, 4.69) is 5.32 Å². The summed E-state index contributed by atoms with van der Waals surface area (Å²) in [7, 11) is -2.69. The Labute approximate surface area is 234 Å². The third-order valence-corrected chi connectivity index (χ3v) is 8.74. The van der Waals surface area contributed by atoms with E-state index in [-0.39, 0.29) is 35.4 Å². The molecule has 0 fully saturated rings. The molecule has 210 valence electrons. The molecule has 1 heterocycles. The summed E-state index contributed by atoms with van der Waals surface area (Å²) in [6.07, 6.45) is 0.881. The van der Waals surface area contributed by atoms with Crippen LogP contribution in [0.5, 0.6) is 5.75 Å². The number of carbonyl (C=O) groups is 3. The average Bonchev–Trinajstić information content (AvgIpc) is 3.15. The number of methoxy groups -OCH3 is 1. The van der Waals surface area contributed by atoms with Gasteiger partial charge in [0.05, 0.1) is 12.7 Å². The number of fused-ring (bicyclic) bond motifs is 1. The molecule has 9 nitrogen and oxygen atoms in total. The summed E-state index contributed by atoms with van der Waals surface area (Å²) >= 11 is 0. The molecule has 3 amide bonds. The summed E-state index contributed by atoms with van der Waals surface area (Å²) in [4.78, 5) is 41.9. The van der Waals surface area contributed by atoms with Gasteiger partial charge in [0.1, 0.15) is 23.2 Å². The lowest BCUT2D eigenvalue weighted by Crippen LogP contribution is -2.54. The van der Waals surface area contributed by atoms with Gasteiger partial charge in [-0.2, -0.15) is 0 Å². The fourth-order valence-electron chi connectivity index (χ4n) is 4.56. The summed E-state index contributed by atoms with van der Waals surface area (Å²) in [5.41, 5.74) is 1.53. The fourth-order valence-corrected chi connectivity index (χ4v) is 6.08. The van der Waals surface area contributed by atoms with Crippen molar-refractivity contribution < 1.29 is 27.5 Å². The number of sulfonamides is 1. The van der Waals surface area contributed by atoms with Crippen molar-refractivity contribution in [2.75, 3.05) is 13.7 Å². The number of rotatable bonds is 11. The Morgan fingerprint density at radius 3 is 2.33 bits per heavy atom. The maximum atomic E-state index is 14.0. The molecule has 0 saturated carbocycles. The predicted octanol–water partition coefficient (Wildman–Crippen LogP) is 3.39. The number of hydrogen-bond acceptors (Lipinski definition) is 6. The number of benzene rings is 3. The van der Waals surface area contributed by atoms with Crippen LogP contribution in [-0.4, -0.2) is 61.1 Å². The van der Waals surface area contributed by atoms with E-state index in [4.69, 9.17) is 4.74 Å². The van der Waals surface area contributed by atoms with Crippen LogP contribution < -0.4 is 10.1 Å². The standard InChI is InChI=1S/C30H33N3O6S/c1-4-21(2)31-29(35)26(18-22-11-6-5-7-12-22)32(19-23-13-10-14-24(17-23)39-3)28(34)20-33-30(36)25-15-8-9-16-27(25)40(33,37)38/h5-17,21,26H,4,18-20H2,1-3H3,(H,31,35)/t21-,26+/m1/s1. The maximum absolute atomic E-state index is 14.0. The van der Waals surface area contributed by atoms with Gasteiger partial charge in [0.2, 0.25) is 11.8 Å². The molecule has 0 bridgehead atoms. The largest absolute Gasteiger partial charge is 0.497 e. The van der Waals surface area contributed by atoms with Crippen LogP contribution in [0.25, 0.3) is 0 Å². The molecule has 0 aliphatic carbocycles. The summed E-state index contributed by atoms with van der Waals surface area (Å²) in [5, 5.41) is 2.97. The minimum Gasteiger partial charge on any atom is -0.497 e. The van der Waals surface area contributed by atoms with Gasteiger partial charge in [0.25, 0.3) is 15.9 Å². The second-order valence-corrected chi connectivity index (χ2v) is 11.5. The highest BCUT2D eigenvalue weighted by Crippen LogP contribution is 2.30. The smallest absolute Gasteiger partial charge is 0.269 e. The van der Waals surface area contributed by atoms with Crippen molar-refractivity contribution in [2.24, 2.45) is 0 Å². The highest BCUT2D eigenvalue weighted by atomic mass is 32.2. The van der Waals surface area contributed by atoms with Gasteiger partial charge in [-0.25, -0.2) is 12.7 Å². The normalized spacial score (nSPS) is 15.2. The molecular formula is C30H33N3O6S. The molecular weight excluding hydrogens is 530 g/mol. The highest BCUT2D eigenvalue weighted by molar-refractivity contribution is 7.90. The van der Waals surface area contributed by atoms with E-state index < -0.39 is 34.4 Å². The molecule has 4 rings (SSSR count). The molecule has 0 radical (unpaired) electrons. The van der Waals surface area contributed by atoms with E-state index in [1.165, 1.54) is 30.2 Å². The van der Waals surface area contributed by atoms with E-state index in [0.717, 1.165) is 5.56 Å². The quantitative estimate of drug-likeness (QED) is 0.383. The van der Waals surface area contributed by atoms with Gasteiger partial charge in [0.15, 0.2) is 0 Å². The van der Waals surface area contributed by atoms with E-state index in [1.807, 2.05) is 44.2 Å². The molecule has 0 aromatic heterocycles. The third kappa shape index (κ3) is 6.17. The van der Waals surface area contributed by atoms with Gasteiger partial charge >= 0.3 is 0 Å². The Balaban J connectivity index is 1.73. The van der Waals surface area contributed by atoms with Gasteiger partial charge in [-0.05, 0) is 48.7 Å². The van der Waals surface area contributed by atoms with Crippen LogP contribution in [0.2, 0.25) is 0 Å². The average molecular weight is 564 g/mol. The number of ether oxygens (including phenoxy) is 1. The van der Waals surface area contributed by atoms with Gasteiger partial charge in [0, 0.05) is 19.0 Å². The summed E-state index contributed by atoms with van der Waals surface area (Å²) in [6.45, 7) is 3.08. The molecule has 1 aliphatic heterocycles. The first-order chi connectivity index (χ1) is 19.1.